The molecule has 102 heavy (non-hydrogen) atoms. The van der Waals surface area contributed by atoms with E-state index in [9.17, 15) is 43.2 Å². The Morgan fingerprint density at radius 2 is 0.500 bits per heavy atom. The first-order valence-corrected chi connectivity index (χ1v) is 45.9. The molecule has 606 valence electrons. The fourth-order valence-corrected chi connectivity index (χ4v) is 14.4. The van der Waals surface area contributed by atoms with Gasteiger partial charge < -0.3 is 33.8 Å². The van der Waals surface area contributed by atoms with Gasteiger partial charge >= 0.3 is 39.5 Å². The first-order chi connectivity index (χ1) is 49.3. The second-order valence-electron chi connectivity index (χ2n) is 31.1. The minimum Gasteiger partial charge on any atom is -0.462 e. The quantitative estimate of drug-likeness (QED) is 0.0222. The summed E-state index contributed by atoms with van der Waals surface area (Å²) in [4.78, 5) is 73.0. The van der Waals surface area contributed by atoms with E-state index in [0.29, 0.717) is 25.7 Å². The van der Waals surface area contributed by atoms with E-state index >= 15 is 0 Å². The van der Waals surface area contributed by atoms with Crippen molar-refractivity contribution < 1.29 is 80.2 Å². The smallest absolute Gasteiger partial charge is 0.462 e. The molecule has 0 aromatic heterocycles. The van der Waals surface area contributed by atoms with Crippen molar-refractivity contribution in [3.05, 3.63) is 0 Å². The Kier molecular flexibility index (Phi) is 71.8. The summed E-state index contributed by atoms with van der Waals surface area (Å²) in [7, 11) is -9.92. The van der Waals surface area contributed by atoms with Crippen LogP contribution in [0, 0.1) is 17.8 Å². The Morgan fingerprint density at radius 1 is 0.284 bits per heavy atom. The highest BCUT2D eigenvalue weighted by atomic mass is 31.2. The molecule has 3 unspecified atom stereocenters. The molecule has 0 rings (SSSR count). The molecule has 0 aliphatic rings. The number of esters is 4. The van der Waals surface area contributed by atoms with Crippen LogP contribution in [0.4, 0.5) is 0 Å². The van der Waals surface area contributed by atoms with Crippen LogP contribution in [0.25, 0.3) is 0 Å². The summed E-state index contributed by atoms with van der Waals surface area (Å²) < 4.78 is 68.7. The Bertz CT molecular complexity index is 1980. The van der Waals surface area contributed by atoms with Crippen LogP contribution in [0.5, 0.6) is 0 Å². The van der Waals surface area contributed by atoms with Gasteiger partial charge in [-0.15, -0.1) is 0 Å². The molecule has 0 spiro atoms. The van der Waals surface area contributed by atoms with Gasteiger partial charge in [-0.1, -0.05) is 382 Å². The van der Waals surface area contributed by atoms with E-state index in [-0.39, 0.29) is 25.7 Å². The minimum absolute atomic E-state index is 0.106. The van der Waals surface area contributed by atoms with E-state index in [2.05, 4.69) is 48.5 Å². The van der Waals surface area contributed by atoms with Gasteiger partial charge in [0.15, 0.2) is 12.2 Å². The van der Waals surface area contributed by atoms with Gasteiger partial charge in [0, 0.05) is 25.7 Å². The molecule has 0 amide bonds. The van der Waals surface area contributed by atoms with Gasteiger partial charge in [-0.25, -0.2) is 9.13 Å². The van der Waals surface area contributed by atoms with E-state index in [1.165, 1.54) is 244 Å². The van der Waals surface area contributed by atoms with Gasteiger partial charge in [0.1, 0.15) is 19.3 Å². The maximum atomic E-state index is 13.1. The molecule has 17 nitrogen and oxygen atoms in total. The van der Waals surface area contributed by atoms with Gasteiger partial charge in [0.05, 0.1) is 26.4 Å². The van der Waals surface area contributed by atoms with Gasteiger partial charge in [-0.2, -0.15) is 0 Å². The summed E-state index contributed by atoms with van der Waals surface area (Å²) in [6.45, 7) is 12.0. The van der Waals surface area contributed by atoms with E-state index in [1.54, 1.807) is 0 Å². The van der Waals surface area contributed by atoms with Crippen molar-refractivity contribution in [1.82, 2.24) is 0 Å². The maximum absolute atomic E-state index is 13.1. The van der Waals surface area contributed by atoms with Crippen LogP contribution in [0.2, 0.25) is 0 Å². The zero-order chi connectivity index (χ0) is 75.1. The molecule has 19 heteroatoms. The molecule has 0 aliphatic heterocycles. The summed E-state index contributed by atoms with van der Waals surface area (Å²) in [5.41, 5.74) is 0. The van der Waals surface area contributed by atoms with Crippen molar-refractivity contribution in [3.63, 3.8) is 0 Å². The van der Waals surface area contributed by atoms with E-state index in [1.807, 2.05) is 0 Å². The number of aliphatic hydroxyl groups is 1. The largest absolute Gasteiger partial charge is 0.472 e. The number of carbonyl (C=O) groups is 4. The summed E-state index contributed by atoms with van der Waals surface area (Å²) >= 11 is 0. The number of phosphoric ester groups is 2. The topological polar surface area (TPSA) is 237 Å². The number of unbranched alkanes of at least 4 members (excludes halogenated alkanes) is 48. The molecule has 0 aromatic carbocycles. The fraction of sp³-hybridized carbons (Fsp3) is 0.952. The highest BCUT2D eigenvalue weighted by Crippen LogP contribution is 2.45. The number of hydrogen-bond donors (Lipinski definition) is 3. The van der Waals surface area contributed by atoms with Crippen LogP contribution >= 0.6 is 15.6 Å². The SMILES string of the molecule is CCCCCCCCCCCC(=O)OC[C@H](COP(=O)(O)OC[C@H](O)COP(=O)(O)OC[C@@H](COC(=O)CCCCCCCCCCCCCCCCC(C)C)OC(=O)CCCCCCCCCCCCCCCCCCCCC(C)CC)OC(=O)CCCCCCCCCCCCCC(C)C. The second-order valence-corrected chi connectivity index (χ2v) is 34.0. The third kappa shape index (κ3) is 74.9. The molecular formula is C83H162O17P2. The van der Waals surface area contributed by atoms with Crippen LogP contribution in [-0.2, 0) is 65.4 Å². The molecule has 0 radical (unpaired) electrons. The standard InChI is InChI=1S/C83H162O17P2/c1-8-10-11-12-13-33-43-50-57-64-80(85)93-70-78(99-83(88)67-60-53-46-39-32-26-28-35-41-48-55-62-75(5)6)72-97-101(89,90)95-68-77(84)69-96-102(91,92)98-73-79(71-94-81(86)65-58-51-44-37-30-24-21-20-22-27-34-40-47-54-61-74(3)4)100-82(87)66-59-52-45-38-31-25-19-17-15-14-16-18-23-29-36-42-49-56-63-76(7)9-2/h74-79,84H,8-73H2,1-7H3,(H,89,90)(H,91,92)/t76?,77-,78+,79+/m0/s1. The van der Waals surface area contributed by atoms with Gasteiger partial charge in [-0.3, -0.25) is 37.3 Å². The van der Waals surface area contributed by atoms with Crippen molar-refractivity contribution >= 4 is 39.5 Å². The number of rotatable bonds is 81. The number of carbonyl (C=O) groups excluding carboxylic acids is 4. The zero-order valence-electron chi connectivity index (χ0n) is 67.1. The Labute approximate surface area is 626 Å². The van der Waals surface area contributed by atoms with Crippen LogP contribution in [0.3, 0.4) is 0 Å². The molecular weight excluding hydrogens is 1330 g/mol. The number of ether oxygens (including phenoxy) is 4. The fourth-order valence-electron chi connectivity index (χ4n) is 12.8. The Hall–Kier alpha value is -1.94. The van der Waals surface area contributed by atoms with Crippen molar-refractivity contribution in [2.45, 2.75) is 452 Å². The molecule has 0 heterocycles. The lowest BCUT2D eigenvalue weighted by atomic mass is 9.99. The minimum atomic E-state index is -4.96. The van der Waals surface area contributed by atoms with Gasteiger partial charge in [0.2, 0.25) is 0 Å². The first-order valence-electron chi connectivity index (χ1n) is 42.9. The predicted octanol–water partition coefficient (Wildman–Crippen LogP) is 24.9. The van der Waals surface area contributed by atoms with Crippen LogP contribution < -0.4 is 0 Å². The van der Waals surface area contributed by atoms with Gasteiger partial charge in [-0.05, 0) is 43.4 Å². The maximum Gasteiger partial charge on any atom is 0.472 e. The highest BCUT2D eigenvalue weighted by molar-refractivity contribution is 7.47. The van der Waals surface area contributed by atoms with Crippen LogP contribution in [-0.4, -0.2) is 96.7 Å². The highest BCUT2D eigenvalue weighted by Gasteiger charge is 2.30. The van der Waals surface area contributed by atoms with Crippen molar-refractivity contribution in [1.29, 1.82) is 0 Å². The Morgan fingerprint density at radius 3 is 0.745 bits per heavy atom. The lowest BCUT2D eigenvalue weighted by molar-refractivity contribution is -0.161. The number of hydrogen-bond acceptors (Lipinski definition) is 15. The van der Waals surface area contributed by atoms with Crippen LogP contribution in [0.15, 0.2) is 0 Å². The monoisotopic (exact) mass is 1490 g/mol. The Balaban J connectivity index is 5.21. The molecule has 6 atom stereocenters. The lowest BCUT2D eigenvalue weighted by Crippen LogP contribution is -2.30. The molecule has 0 saturated heterocycles. The molecule has 0 aromatic rings. The summed E-state index contributed by atoms with van der Waals surface area (Å²) in [6, 6.07) is 0. The summed E-state index contributed by atoms with van der Waals surface area (Å²) in [5, 5.41) is 10.6. The van der Waals surface area contributed by atoms with Crippen molar-refractivity contribution in [3.8, 4) is 0 Å². The molecule has 0 bridgehead atoms. The van der Waals surface area contributed by atoms with E-state index < -0.39 is 97.5 Å². The molecule has 3 N–H and O–H groups in total. The lowest BCUT2D eigenvalue weighted by Gasteiger charge is -2.21. The van der Waals surface area contributed by atoms with E-state index in [4.69, 9.17) is 37.0 Å². The summed E-state index contributed by atoms with van der Waals surface area (Å²) in [5.74, 6) is 0.326. The number of phosphoric acid groups is 2. The average molecular weight is 1490 g/mol. The third-order valence-electron chi connectivity index (χ3n) is 19.7. The predicted molar refractivity (Wildman–Crippen MR) is 418 cm³/mol. The molecule has 0 aliphatic carbocycles. The van der Waals surface area contributed by atoms with Crippen molar-refractivity contribution in [2.24, 2.45) is 17.8 Å². The zero-order valence-corrected chi connectivity index (χ0v) is 68.9. The molecule has 0 fully saturated rings. The van der Waals surface area contributed by atoms with Gasteiger partial charge in [0.25, 0.3) is 0 Å². The van der Waals surface area contributed by atoms with Crippen molar-refractivity contribution in [2.75, 3.05) is 39.6 Å². The van der Waals surface area contributed by atoms with Crippen LogP contribution in [0.1, 0.15) is 434 Å². The molecule has 0 saturated carbocycles. The number of aliphatic hydroxyl groups excluding tert-OH is 1. The summed E-state index contributed by atoms with van der Waals surface area (Å²) in [6.07, 6.45) is 62.4. The van der Waals surface area contributed by atoms with E-state index in [0.717, 1.165) is 108 Å². The average Bonchev–Trinajstić information content (AvgIpc) is 0.912. The first kappa shape index (κ1) is 100. The second kappa shape index (κ2) is 73.2. The normalized spacial score (nSPS) is 14.2. The third-order valence-corrected chi connectivity index (χ3v) is 21.6.